The Morgan fingerprint density at radius 3 is 2.89 bits per heavy atom. The number of thioether (sulfide) groups is 1. The molecule has 0 amide bonds. The lowest BCUT2D eigenvalue weighted by Crippen LogP contribution is -2.22. The first-order valence-electron chi connectivity index (χ1n) is 8.57. The Kier molecular flexibility index (Phi) is 6.69. The van der Waals surface area contributed by atoms with Gasteiger partial charge >= 0.3 is 0 Å². The number of aliphatic imine (C=N–C) groups is 2. The maximum absolute atomic E-state index is 12.2. The molecule has 0 spiro atoms. The third-order valence-electron chi connectivity index (χ3n) is 4.25. The number of hydrogen-bond acceptors (Lipinski definition) is 6. The van der Waals surface area contributed by atoms with E-state index in [-0.39, 0.29) is 27.9 Å². The predicted octanol–water partition coefficient (Wildman–Crippen LogP) is 2.97. The smallest absolute Gasteiger partial charge is 0.262 e. The summed E-state index contributed by atoms with van der Waals surface area (Å²) in [5.74, 6) is -0.236. The fourth-order valence-corrected chi connectivity index (χ4v) is 4.24. The Balaban J connectivity index is 1.79. The number of hydrogen-bond donors (Lipinski definition) is 2. The van der Waals surface area contributed by atoms with Gasteiger partial charge in [-0.2, -0.15) is 0 Å². The summed E-state index contributed by atoms with van der Waals surface area (Å²) in [7, 11) is 0. The highest BCUT2D eigenvalue weighted by Gasteiger charge is 2.21. The van der Waals surface area contributed by atoms with E-state index in [1.165, 1.54) is 35.2 Å². The third kappa shape index (κ3) is 4.78. The zero-order chi connectivity index (χ0) is 19.4. The molecule has 2 N–H and O–H groups in total. The number of nitrogens with zero attached hydrogens (tertiary/aromatic N) is 4. The van der Waals surface area contributed by atoms with Gasteiger partial charge in [0.1, 0.15) is 10.7 Å². The van der Waals surface area contributed by atoms with Gasteiger partial charge in [0.15, 0.2) is 9.94 Å². The lowest BCUT2D eigenvalue weighted by Gasteiger charge is -2.11. The number of amidine groups is 1. The Labute approximate surface area is 171 Å². The van der Waals surface area contributed by atoms with Crippen molar-refractivity contribution in [3.05, 3.63) is 38.2 Å². The van der Waals surface area contributed by atoms with Gasteiger partial charge in [-0.3, -0.25) is 19.3 Å². The molecule has 3 rings (SSSR count). The number of H-pyrrole nitrogens is 1. The Hall–Kier alpha value is -1.68. The molecular formula is C17H20ClN5O2S2. The van der Waals surface area contributed by atoms with Crippen LogP contribution in [0.2, 0.25) is 0 Å². The number of nitrogens with one attached hydrogen (secondary N) is 1. The van der Waals surface area contributed by atoms with Crippen LogP contribution in [-0.2, 0) is 6.54 Å². The normalized spacial score (nSPS) is 20.6. The van der Waals surface area contributed by atoms with Crippen LogP contribution in [0.4, 0.5) is 0 Å². The second-order valence-electron chi connectivity index (χ2n) is 6.12. The molecule has 1 aromatic heterocycles. The predicted molar refractivity (Wildman–Crippen MR) is 115 cm³/mol. The van der Waals surface area contributed by atoms with Gasteiger partial charge in [0.05, 0.1) is 11.4 Å². The fourth-order valence-electron chi connectivity index (χ4n) is 2.89. The average molecular weight is 426 g/mol. The summed E-state index contributed by atoms with van der Waals surface area (Å²) in [4.78, 5) is 26.4. The Morgan fingerprint density at radius 2 is 2.19 bits per heavy atom. The van der Waals surface area contributed by atoms with Gasteiger partial charge < -0.3 is 10.0 Å². The van der Waals surface area contributed by atoms with Crippen LogP contribution in [-0.4, -0.2) is 56.1 Å². The second-order valence-corrected chi connectivity index (χ2v) is 7.88. The zero-order valence-corrected chi connectivity index (χ0v) is 17.0. The molecule has 144 valence electrons. The van der Waals surface area contributed by atoms with Gasteiger partial charge in [0.25, 0.3) is 5.56 Å². The van der Waals surface area contributed by atoms with Crippen molar-refractivity contribution in [2.45, 2.75) is 19.4 Å². The number of likely N-dealkylation sites (tertiary alicyclic amines) is 1. The first-order chi connectivity index (χ1) is 13.0. The SMILES string of the molecule is C=CCn1c(O)c(C=C2SC(=NCCN3CCCC3)N=C2Cl)c(=O)[nH]c1=S. The summed E-state index contributed by atoms with van der Waals surface area (Å²) in [6.45, 7) is 7.70. The number of aromatic nitrogens is 2. The lowest BCUT2D eigenvalue weighted by atomic mass is 10.3. The molecule has 1 fully saturated rings. The van der Waals surface area contributed by atoms with Crippen molar-refractivity contribution >= 4 is 52.0 Å². The number of rotatable bonds is 6. The molecule has 1 saturated heterocycles. The van der Waals surface area contributed by atoms with Gasteiger partial charge in [-0.05, 0) is 56.0 Å². The highest BCUT2D eigenvalue weighted by atomic mass is 35.5. The number of aromatic amines is 1. The van der Waals surface area contributed by atoms with Gasteiger partial charge in [-0.1, -0.05) is 17.7 Å². The lowest BCUT2D eigenvalue weighted by molar-refractivity contribution is 0.349. The van der Waals surface area contributed by atoms with Crippen LogP contribution in [0, 0.1) is 4.77 Å². The third-order valence-corrected chi connectivity index (χ3v) is 5.91. The van der Waals surface area contributed by atoms with Crippen molar-refractivity contribution in [2.24, 2.45) is 9.98 Å². The molecule has 0 unspecified atom stereocenters. The molecule has 0 radical (unpaired) electrons. The highest BCUT2D eigenvalue weighted by molar-refractivity contribution is 8.18. The second kappa shape index (κ2) is 9.01. The van der Waals surface area contributed by atoms with E-state index in [1.54, 1.807) is 6.08 Å². The minimum atomic E-state index is -0.491. The van der Waals surface area contributed by atoms with Gasteiger partial charge in [0, 0.05) is 13.1 Å². The molecule has 27 heavy (non-hydrogen) atoms. The van der Waals surface area contributed by atoms with E-state index in [4.69, 9.17) is 23.8 Å². The minimum Gasteiger partial charge on any atom is -0.494 e. The Bertz CT molecular complexity index is 942. The van der Waals surface area contributed by atoms with E-state index in [9.17, 15) is 9.90 Å². The minimum absolute atomic E-state index is 0.0691. The molecule has 2 aliphatic rings. The average Bonchev–Trinajstić information content (AvgIpc) is 3.25. The van der Waals surface area contributed by atoms with Crippen LogP contribution in [0.1, 0.15) is 18.4 Å². The van der Waals surface area contributed by atoms with Crippen molar-refractivity contribution in [2.75, 3.05) is 26.2 Å². The largest absolute Gasteiger partial charge is 0.494 e. The van der Waals surface area contributed by atoms with E-state index in [0.29, 0.717) is 16.6 Å². The molecule has 3 heterocycles. The summed E-state index contributed by atoms with van der Waals surface area (Å²) in [5, 5.41) is 11.2. The topological polar surface area (TPSA) is 86.0 Å². The van der Waals surface area contributed by atoms with Crippen LogP contribution in [0.5, 0.6) is 5.88 Å². The van der Waals surface area contributed by atoms with E-state index in [0.717, 1.165) is 19.6 Å². The van der Waals surface area contributed by atoms with Gasteiger partial charge in [-0.15, -0.1) is 6.58 Å². The van der Waals surface area contributed by atoms with Crippen molar-refractivity contribution in [3.63, 3.8) is 0 Å². The van der Waals surface area contributed by atoms with Gasteiger partial charge in [0.2, 0.25) is 5.88 Å². The number of aromatic hydroxyl groups is 1. The molecule has 10 heteroatoms. The monoisotopic (exact) mass is 425 g/mol. The zero-order valence-electron chi connectivity index (χ0n) is 14.7. The van der Waals surface area contributed by atoms with Crippen LogP contribution < -0.4 is 5.56 Å². The van der Waals surface area contributed by atoms with E-state index < -0.39 is 5.56 Å². The molecule has 0 aliphatic carbocycles. The molecular weight excluding hydrogens is 406 g/mol. The van der Waals surface area contributed by atoms with Crippen molar-refractivity contribution in [1.82, 2.24) is 14.5 Å². The van der Waals surface area contributed by atoms with Crippen molar-refractivity contribution in [1.29, 1.82) is 0 Å². The first-order valence-corrected chi connectivity index (χ1v) is 10.2. The fraction of sp³-hybridized carbons (Fsp3) is 0.412. The molecule has 0 bridgehead atoms. The van der Waals surface area contributed by atoms with Crippen molar-refractivity contribution < 1.29 is 5.11 Å². The van der Waals surface area contributed by atoms with Crippen molar-refractivity contribution in [3.8, 4) is 5.88 Å². The number of allylic oxidation sites excluding steroid dienone is 2. The van der Waals surface area contributed by atoms with E-state index in [2.05, 4.69) is 26.4 Å². The summed E-state index contributed by atoms with van der Waals surface area (Å²) in [6.07, 6.45) is 5.57. The molecule has 0 atom stereocenters. The first kappa shape index (κ1) is 20.1. The van der Waals surface area contributed by atoms with Crippen LogP contribution in [0.3, 0.4) is 0 Å². The number of halogens is 1. The van der Waals surface area contributed by atoms with Gasteiger partial charge in [-0.25, -0.2) is 4.99 Å². The highest BCUT2D eigenvalue weighted by Crippen LogP contribution is 2.32. The van der Waals surface area contributed by atoms with Crippen LogP contribution in [0.15, 0.2) is 32.3 Å². The van der Waals surface area contributed by atoms with Crippen LogP contribution >= 0.6 is 35.6 Å². The summed E-state index contributed by atoms with van der Waals surface area (Å²) < 4.78 is 1.51. The molecule has 1 aromatic rings. The van der Waals surface area contributed by atoms with Crippen LogP contribution in [0.25, 0.3) is 6.08 Å². The summed E-state index contributed by atoms with van der Waals surface area (Å²) in [6, 6.07) is 0. The molecule has 0 saturated carbocycles. The standard InChI is InChI=1S/C17H20ClN5O2S2/c1-2-6-23-15(25)11(14(24)21-17(23)26)10-12-13(18)20-16(27-12)19-5-9-22-7-3-4-8-22/h2,10,25H,1,3-9H2,(H,21,24,26). The maximum atomic E-state index is 12.2. The molecule has 0 aromatic carbocycles. The summed E-state index contributed by atoms with van der Waals surface area (Å²) in [5.41, 5.74) is -0.422. The van der Waals surface area contributed by atoms with E-state index >= 15 is 0 Å². The summed E-state index contributed by atoms with van der Waals surface area (Å²) >= 11 is 12.5. The molecule has 2 aliphatic heterocycles. The quantitative estimate of drug-likeness (QED) is 0.540. The van der Waals surface area contributed by atoms with E-state index in [1.807, 2.05) is 0 Å². The maximum Gasteiger partial charge on any atom is 0.262 e. The Morgan fingerprint density at radius 1 is 1.44 bits per heavy atom. The molecule has 7 nitrogen and oxygen atoms in total.